The SMILES string of the molecule is CCNC(c1cc(C)cc(F)c1)C1COc2ccccc21. The van der Waals surface area contributed by atoms with Gasteiger partial charge in [-0.1, -0.05) is 31.2 Å². The molecular formula is C18H20FNO. The monoisotopic (exact) mass is 285 g/mol. The van der Waals surface area contributed by atoms with Gasteiger partial charge in [0.2, 0.25) is 0 Å². The van der Waals surface area contributed by atoms with Crippen LogP contribution in [0.25, 0.3) is 0 Å². The number of nitrogens with one attached hydrogen (secondary N) is 1. The quantitative estimate of drug-likeness (QED) is 0.918. The van der Waals surface area contributed by atoms with Crippen molar-refractivity contribution in [2.75, 3.05) is 13.2 Å². The maximum Gasteiger partial charge on any atom is 0.123 e. The largest absolute Gasteiger partial charge is 0.493 e. The molecule has 2 nitrogen and oxygen atoms in total. The van der Waals surface area contributed by atoms with Crippen LogP contribution in [0.2, 0.25) is 0 Å². The Labute approximate surface area is 125 Å². The third-order valence-electron chi connectivity index (χ3n) is 3.99. The van der Waals surface area contributed by atoms with E-state index in [0.29, 0.717) is 6.61 Å². The molecule has 2 aromatic rings. The molecule has 2 aromatic carbocycles. The predicted molar refractivity (Wildman–Crippen MR) is 82.2 cm³/mol. The second kappa shape index (κ2) is 5.86. The smallest absolute Gasteiger partial charge is 0.123 e. The molecule has 0 amide bonds. The van der Waals surface area contributed by atoms with Crippen molar-refractivity contribution in [2.45, 2.75) is 25.8 Å². The number of hydrogen-bond donors (Lipinski definition) is 1. The van der Waals surface area contributed by atoms with Gasteiger partial charge in [0.15, 0.2) is 0 Å². The summed E-state index contributed by atoms with van der Waals surface area (Å²) in [6.07, 6.45) is 0. The van der Waals surface area contributed by atoms with Crippen molar-refractivity contribution in [3.8, 4) is 5.75 Å². The zero-order valence-electron chi connectivity index (χ0n) is 12.4. The van der Waals surface area contributed by atoms with Crippen molar-refractivity contribution < 1.29 is 9.13 Å². The highest BCUT2D eigenvalue weighted by Crippen LogP contribution is 2.41. The average Bonchev–Trinajstić information content (AvgIpc) is 2.87. The van der Waals surface area contributed by atoms with E-state index in [1.54, 1.807) is 12.1 Å². The molecule has 1 aliphatic rings. The molecule has 21 heavy (non-hydrogen) atoms. The van der Waals surface area contributed by atoms with Crippen LogP contribution in [-0.4, -0.2) is 13.2 Å². The van der Waals surface area contributed by atoms with Gasteiger partial charge in [0.1, 0.15) is 11.6 Å². The fourth-order valence-corrected chi connectivity index (χ4v) is 3.12. The van der Waals surface area contributed by atoms with E-state index < -0.39 is 0 Å². The Bertz CT molecular complexity index is 621. The minimum atomic E-state index is -0.180. The van der Waals surface area contributed by atoms with Crippen LogP contribution in [0.1, 0.15) is 35.6 Å². The van der Waals surface area contributed by atoms with Gasteiger partial charge in [-0.05, 0) is 42.8 Å². The van der Waals surface area contributed by atoms with Crippen molar-refractivity contribution in [3.05, 3.63) is 65.0 Å². The van der Waals surface area contributed by atoms with Gasteiger partial charge in [0.25, 0.3) is 0 Å². The Morgan fingerprint density at radius 1 is 1.29 bits per heavy atom. The van der Waals surface area contributed by atoms with Gasteiger partial charge in [-0.2, -0.15) is 0 Å². The lowest BCUT2D eigenvalue weighted by molar-refractivity contribution is 0.300. The van der Waals surface area contributed by atoms with Crippen LogP contribution >= 0.6 is 0 Å². The summed E-state index contributed by atoms with van der Waals surface area (Å²) < 4.78 is 19.5. The van der Waals surface area contributed by atoms with E-state index in [0.717, 1.165) is 23.4 Å². The van der Waals surface area contributed by atoms with Crippen molar-refractivity contribution in [1.82, 2.24) is 5.32 Å². The number of hydrogen-bond acceptors (Lipinski definition) is 2. The number of halogens is 1. The summed E-state index contributed by atoms with van der Waals surface area (Å²) in [6.45, 7) is 5.46. The van der Waals surface area contributed by atoms with Crippen LogP contribution in [0.3, 0.4) is 0 Å². The number of rotatable bonds is 4. The van der Waals surface area contributed by atoms with Crippen LogP contribution < -0.4 is 10.1 Å². The molecule has 110 valence electrons. The number of likely N-dealkylation sites (N-methyl/N-ethyl adjacent to an activating group) is 1. The fourth-order valence-electron chi connectivity index (χ4n) is 3.12. The van der Waals surface area contributed by atoms with E-state index in [-0.39, 0.29) is 17.8 Å². The summed E-state index contributed by atoms with van der Waals surface area (Å²) in [5.74, 6) is 0.973. The summed E-state index contributed by atoms with van der Waals surface area (Å²) in [6, 6.07) is 13.4. The summed E-state index contributed by atoms with van der Waals surface area (Å²) in [4.78, 5) is 0. The van der Waals surface area contributed by atoms with Gasteiger partial charge in [0.05, 0.1) is 6.61 Å². The highest BCUT2D eigenvalue weighted by atomic mass is 19.1. The van der Waals surface area contributed by atoms with Crippen LogP contribution in [-0.2, 0) is 0 Å². The predicted octanol–water partition coefficient (Wildman–Crippen LogP) is 3.96. The van der Waals surface area contributed by atoms with Gasteiger partial charge >= 0.3 is 0 Å². The van der Waals surface area contributed by atoms with E-state index in [9.17, 15) is 4.39 Å². The number of fused-ring (bicyclic) bond motifs is 1. The molecular weight excluding hydrogens is 265 g/mol. The highest BCUT2D eigenvalue weighted by Gasteiger charge is 2.32. The fraction of sp³-hybridized carbons (Fsp3) is 0.333. The first-order valence-corrected chi connectivity index (χ1v) is 7.41. The van der Waals surface area contributed by atoms with Crippen LogP contribution in [0.4, 0.5) is 4.39 Å². The standard InChI is InChI=1S/C18H20FNO/c1-3-20-18(13-8-12(2)9-14(19)10-13)16-11-21-17-7-5-4-6-15(16)17/h4-10,16,18,20H,3,11H2,1-2H3. The van der Waals surface area contributed by atoms with Crippen molar-refractivity contribution in [1.29, 1.82) is 0 Å². The minimum Gasteiger partial charge on any atom is -0.493 e. The van der Waals surface area contributed by atoms with Crippen LogP contribution in [0.5, 0.6) is 5.75 Å². The van der Waals surface area contributed by atoms with E-state index in [1.807, 2.05) is 25.1 Å². The number of ether oxygens (including phenoxy) is 1. The number of aryl methyl sites for hydroxylation is 1. The molecule has 0 bridgehead atoms. The van der Waals surface area contributed by atoms with Crippen molar-refractivity contribution in [2.24, 2.45) is 0 Å². The minimum absolute atomic E-state index is 0.0630. The molecule has 3 heteroatoms. The van der Waals surface area contributed by atoms with E-state index in [4.69, 9.17) is 4.74 Å². The Morgan fingerprint density at radius 3 is 2.86 bits per heavy atom. The molecule has 1 N–H and O–H groups in total. The summed E-state index contributed by atoms with van der Waals surface area (Å²) >= 11 is 0. The summed E-state index contributed by atoms with van der Waals surface area (Å²) in [5, 5.41) is 3.49. The third-order valence-corrected chi connectivity index (χ3v) is 3.99. The Hall–Kier alpha value is -1.87. The van der Waals surface area contributed by atoms with Crippen LogP contribution in [0, 0.1) is 12.7 Å². The molecule has 0 saturated heterocycles. The molecule has 2 atom stereocenters. The molecule has 1 heterocycles. The van der Waals surface area contributed by atoms with Gasteiger partial charge in [-0.25, -0.2) is 4.39 Å². The molecule has 0 fully saturated rings. The molecule has 0 spiro atoms. The molecule has 0 aliphatic carbocycles. The first-order chi connectivity index (χ1) is 10.2. The van der Waals surface area contributed by atoms with Crippen molar-refractivity contribution >= 4 is 0 Å². The topological polar surface area (TPSA) is 21.3 Å². The first kappa shape index (κ1) is 14.1. The first-order valence-electron chi connectivity index (χ1n) is 7.41. The Balaban J connectivity index is 1.99. The maximum absolute atomic E-state index is 13.8. The molecule has 2 unspecified atom stereocenters. The van der Waals surface area contributed by atoms with Gasteiger partial charge in [0, 0.05) is 17.5 Å². The van der Waals surface area contributed by atoms with E-state index in [1.165, 1.54) is 5.56 Å². The lowest BCUT2D eigenvalue weighted by atomic mass is 9.88. The molecule has 0 saturated carbocycles. The maximum atomic E-state index is 13.8. The van der Waals surface area contributed by atoms with Gasteiger partial charge in [-0.3, -0.25) is 0 Å². The molecule has 0 radical (unpaired) electrons. The summed E-state index contributed by atoms with van der Waals surface area (Å²) in [7, 11) is 0. The molecule has 1 aliphatic heterocycles. The Morgan fingerprint density at radius 2 is 2.10 bits per heavy atom. The second-order valence-corrected chi connectivity index (χ2v) is 5.55. The third kappa shape index (κ3) is 2.79. The zero-order valence-corrected chi connectivity index (χ0v) is 12.4. The van der Waals surface area contributed by atoms with E-state index >= 15 is 0 Å². The molecule has 3 rings (SSSR count). The zero-order chi connectivity index (χ0) is 14.8. The lowest BCUT2D eigenvalue weighted by Crippen LogP contribution is -2.28. The van der Waals surface area contributed by atoms with Gasteiger partial charge in [-0.15, -0.1) is 0 Å². The highest BCUT2D eigenvalue weighted by molar-refractivity contribution is 5.42. The lowest BCUT2D eigenvalue weighted by Gasteiger charge is -2.24. The van der Waals surface area contributed by atoms with Crippen LogP contribution in [0.15, 0.2) is 42.5 Å². The number of para-hydroxylation sites is 1. The second-order valence-electron chi connectivity index (χ2n) is 5.55. The van der Waals surface area contributed by atoms with Crippen molar-refractivity contribution in [3.63, 3.8) is 0 Å². The summed E-state index contributed by atoms with van der Waals surface area (Å²) in [5.41, 5.74) is 3.13. The Kier molecular flexibility index (Phi) is 3.93. The average molecular weight is 285 g/mol. The number of benzene rings is 2. The van der Waals surface area contributed by atoms with Gasteiger partial charge < -0.3 is 10.1 Å². The molecule has 0 aromatic heterocycles. The van der Waals surface area contributed by atoms with E-state index in [2.05, 4.69) is 24.4 Å². The normalized spacial score (nSPS) is 18.1.